The largest absolute Gasteiger partial charge is 0.492 e. The lowest BCUT2D eigenvalue weighted by atomic mass is 10.2. The molecule has 4 nitrogen and oxygen atoms in total. The number of rotatable bonds is 7. The summed E-state index contributed by atoms with van der Waals surface area (Å²) < 4.78 is 6.70. The molecule has 0 heterocycles. The first-order chi connectivity index (χ1) is 9.41. The Morgan fingerprint density at radius 3 is 2.70 bits per heavy atom. The predicted octanol–water partition coefficient (Wildman–Crippen LogP) is 2.80. The Morgan fingerprint density at radius 2 is 2.10 bits per heavy atom. The highest BCUT2D eigenvalue weighted by atomic mass is 79.9. The van der Waals surface area contributed by atoms with Gasteiger partial charge in [-0.2, -0.15) is 0 Å². The molecule has 0 unspecified atom stereocenters. The summed E-state index contributed by atoms with van der Waals surface area (Å²) in [5.74, 6) is 0.881. The molecule has 1 amide bonds. The molecule has 0 aliphatic heterocycles. The van der Waals surface area contributed by atoms with Crippen LogP contribution in [0.3, 0.4) is 0 Å². The van der Waals surface area contributed by atoms with Gasteiger partial charge in [0.2, 0.25) is 5.91 Å². The van der Waals surface area contributed by atoms with Crippen LogP contribution in [0.1, 0.15) is 25.8 Å². The maximum absolute atomic E-state index is 11.5. The van der Waals surface area contributed by atoms with Crippen molar-refractivity contribution < 1.29 is 9.53 Å². The Balaban J connectivity index is 2.65. The normalized spacial score (nSPS) is 10.7. The summed E-state index contributed by atoms with van der Waals surface area (Å²) in [6.07, 6.45) is 0.380. The van der Waals surface area contributed by atoms with E-state index in [9.17, 15) is 4.79 Å². The minimum absolute atomic E-state index is 0.0684. The Hall–Kier alpha value is -1.07. The third-order valence-electron chi connectivity index (χ3n) is 2.81. The maximum Gasteiger partial charge on any atom is 0.225 e. The summed E-state index contributed by atoms with van der Waals surface area (Å²) in [6, 6.07) is 6.38. The van der Waals surface area contributed by atoms with Crippen LogP contribution in [0, 0.1) is 0 Å². The van der Waals surface area contributed by atoms with E-state index in [1.807, 2.05) is 18.2 Å². The highest BCUT2D eigenvalue weighted by Gasteiger charge is 2.10. The number of para-hydroxylation sites is 1. The van der Waals surface area contributed by atoms with Gasteiger partial charge < -0.3 is 15.0 Å². The molecule has 0 saturated heterocycles. The van der Waals surface area contributed by atoms with Crippen molar-refractivity contribution in [1.29, 1.82) is 0 Å². The number of nitrogens with one attached hydrogen (secondary N) is 1. The van der Waals surface area contributed by atoms with Crippen molar-refractivity contribution in [3.63, 3.8) is 0 Å². The van der Waals surface area contributed by atoms with Gasteiger partial charge in [0, 0.05) is 32.2 Å². The van der Waals surface area contributed by atoms with E-state index < -0.39 is 0 Å². The highest BCUT2D eigenvalue weighted by Crippen LogP contribution is 2.29. The topological polar surface area (TPSA) is 41.6 Å². The van der Waals surface area contributed by atoms with Crippen LogP contribution < -0.4 is 10.1 Å². The van der Waals surface area contributed by atoms with Crippen molar-refractivity contribution >= 4 is 21.8 Å². The van der Waals surface area contributed by atoms with Crippen LogP contribution in [0.2, 0.25) is 0 Å². The van der Waals surface area contributed by atoms with E-state index in [2.05, 4.69) is 35.1 Å². The monoisotopic (exact) mass is 342 g/mol. The minimum atomic E-state index is 0.0684. The van der Waals surface area contributed by atoms with Crippen LogP contribution >= 0.6 is 15.9 Å². The van der Waals surface area contributed by atoms with Crippen LogP contribution in [0.25, 0.3) is 0 Å². The van der Waals surface area contributed by atoms with E-state index in [0.717, 1.165) is 22.3 Å². The van der Waals surface area contributed by atoms with Gasteiger partial charge in [0.05, 0.1) is 17.5 Å². The van der Waals surface area contributed by atoms with Crippen LogP contribution in [0.4, 0.5) is 0 Å². The number of carbonyl (C=O) groups excluding carboxylic acids is 1. The number of nitrogens with zero attached hydrogens (tertiary/aromatic N) is 1. The number of ether oxygens (including phenoxy) is 1. The molecule has 1 rings (SSSR count). The molecular formula is C15H23BrN2O2. The smallest absolute Gasteiger partial charge is 0.225 e. The highest BCUT2D eigenvalue weighted by molar-refractivity contribution is 9.10. The summed E-state index contributed by atoms with van der Waals surface area (Å²) in [5, 5.41) is 3.37. The van der Waals surface area contributed by atoms with E-state index in [1.54, 1.807) is 19.0 Å². The fourth-order valence-corrected chi connectivity index (χ4v) is 2.15. The quantitative estimate of drug-likeness (QED) is 0.828. The Morgan fingerprint density at radius 1 is 1.40 bits per heavy atom. The molecule has 0 aliphatic rings. The van der Waals surface area contributed by atoms with Crippen LogP contribution in [0.15, 0.2) is 22.7 Å². The first-order valence-electron chi connectivity index (χ1n) is 6.75. The molecule has 5 heteroatoms. The molecule has 0 fully saturated rings. The molecule has 0 bridgehead atoms. The maximum atomic E-state index is 11.5. The molecule has 1 N–H and O–H groups in total. The Labute approximate surface area is 129 Å². The number of benzene rings is 1. The summed E-state index contributed by atoms with van der Waals surface area (Å²) >= 11 is 3.50. The van der Waals surface area contributed by atoms with Crippen molar-refractivity contribution in [1.82, 2.24) is 10.2 Å². The second kappa shape index (κ2) is 8.27. The summed E-state index contributed by atoms with van der Waals surface area (Å²) in [6.45, 7) is 5.34. The third kappa shape index (κ3) is 5.51. The number of hydrogen-bond donors (Lipinski definition) is 1. The number of carbonyl (C=O) groups is 1. The lowest BCUT2D eigenvalue weighted by molar-refractivity contribution is -0.129. The molecule has 1 aromatic carbocycles. The molecule has 0 spiro atoms. The van der Waals surface area contributed by atoms with Gasteiger partial charge in [-0.25, -0.2) is 0 Å². The van der Waals surface area contributed by atoms with Crippen molar-refractivity contribution in [3.8, 4) is 5.75 Å². The average Bonchev–Trinajstić information content (AvgIpc) is 2.38. The van der Waals surface area contributed by atoms with Crippen LogP contribution in [-0.4, -0.2) is 37.6 Å². The van der Waals surface area contributed by atoms with E-state index in [4.69, 9.17) is 4.74 Å². The average molecular weight is 343 g/mol. The number of hydrogen-bond acceptors (Lipinski definition) is 3. The lowest BCUT2D eigenvalue weighted by Crippen LogP contribution is -2.24. The number of halogens is 1. The molecule has 0 aromatic heterocycles. The van der Waals surface area contributed by atoms with Crippen molar-refractivity contribution in [2.45, 2.75) is 32.9 Å². The van der Waals surface area contributed by atoms with Crippen LogP contribution in [-0.2, 0) is 11.3 Å². The first-order valence-corrected chi connectivity index (χ1v) is 7.54. The lowest BCUT2D eigenvalue weighted by Gasteiger charge is -2.16. The zero-order valence-corrected chi connectivity index (χ0v) is 14.2. The first kappa shape index (κ1) is 17.0. The van der Waals surface area contributed by atoms with Crippen molar-refractivity contribution in [2.75, 3.05) is 20.7 Å². The Kier molecular flexibility index (Phi) is 7.02. The molecule has 0 radical (unpaired) electrons. The van der Waals surface area contributed by atoms with Gasteiger partial charge >= 0.3 is 0 Å². The molecule has 0 saturated carbocycles. The standard InChI is InChI=1S/C15H23BrN2O2/c1-11(2)17-10-12-6-5-7-13(16)15(12)20-9-8-14(19)18(3)4/h5-7,11,17H,8-10H2,1-4H3. The Bertz CT molecular complexity index is 447. The molecule has 20 heavy (non-hydrogen) atoms. The SMILES string of the molecule is CC(C)NCc1cccc(Br)c1OCCC(=O)N(C)C. The van der Waals surface area contributed by atoms with E-state index in [-0.39, 0.29) is 5.91 Å². The third-order valence-corrected chi connectivity index (χ3v) is 3.43. The molecular weight excluding hydrogens is 320 g/mol. The van der Waals surface area contributed by atoms with Gasteiger partial charge in [0.25, 0.3) is 0 Å². The van der Waals surface area contributed by atoms with E-state index in [0.29, 0.717) is 19.1 Å². The molecule has 0 atom stereocenters. The summed E-state index contributed by atoms with van der Waals surface area (Å²) in [7, 11) is 3.50. The van der Waals surface area contributed by atoms with E-state index >= 15 is 0 Å². The fraction of sp³-hybridized carbons (Fsp3) is 0.533. The van der Waals surface area contributed by atoms with Gasteiger partial charge in [0.1, 0.15) is 5.75 Å². The fourth-order valence-electron chi connectivity index (χ4n) is 1.63. The van der Waals surface area contributed by atoms with E-state index in [1.165, 1.54) is 0 Å². The molecule has 112 valence electrons. The summed E-state index contributed by atoms with van der Waals surface area (Å²) in [5.41, 5.74) is 1.09. The zero-order chi connectivity index (χ0) is 15.1. The van der Waals surface area contributed by atoms with Crippen molar-refractivity contribution in [2.24, 2.45) is 0 Å². The van der Waals surface area contributed by atoms with Crippen LogP contribution in [0.5, 0.6) is 5.75 Å². The second-order valence-electron chi connectivity index (χ2n) is 5.15. The zero-order valence-electron chi connectivity index (χ0n) is 12.6. The predicted molar refractivity (Wildman–Crippen MR) is 84.9 cm³/mol. The minimum Gasteiger partial charge on any atom is -0.492 e. The van der Waals surface area contributed by atoms with Gasteiger partial charge in [-0.3, -0.25) is 4.79 Å². The van der Waals surface area contributed by atoms with Gasteiger partial charge in [-0.05, 0) is 22.0 Å². The number of amides is 1. The van der Waals surface area contributed by atoms with Gasteiger partial charge in [0.15, 0.2) is 0 Å². The molecule has 0 aliphatic carbocycles. The van der Waals surface area contributed by atoms with Gasteiger partial charge in [-0.15, -0.1) is 0 Å². The second-order valence-corrected chi connectivity index (χ2v) is 6.00. The van der Waals surface area contributed by atoms with Gasteiger partial charge in [-0.1, -0.05) is 26.0 Å². The summed E-state index contributed by atoms with van der Waals surface area (Å²) in [4.78, 5) is 13.1. The molecule has 1 aromatic rings. The van der Waals surface area contributed by atoms with Crippen molar-refractivity contribution in [3.05, 3.63) is 28.2 Å².